The summed E-state index contributed by atoms with van der Waals surface area (Å²) < 4.78 is 43.9. The Balaban J connectivity index is 1.58. The minimum absolute atomic E-state index is 0.0373. The number of carbonyl (C=O) groups is 1. The number of methoxy groups -OCH3 is 1. The van der Waals surface area contributed by atoms with Crippen LogP contribution in [0, 0.1) is 0 Å². The second-order valence-electron chi connectivity index (χ2n) is 7.70. The van der Waals surface area contributed by atoms with Gasteiger partial charge in [0.25, 0.3) is 0 Å². The molecular weight excluding hydrogens is 445 g/mol. The number of piperazine rings is 1. The van der Waals surface area contributed by atoms with E-state index in [0.29, 0.717) is 37.7 Å². The Hall–Kier alpha value is -2.52. The van der Waals surface area contributed by atoms with Gasteiger partial charge in [-0.1, -0.05) is 29.8 Å². The molecule has 1 aliphatic heterocycles. The molecule has 10 heteroatoms. The van der Waals surface area contributed by atoms with Gasteiger partial charge in [0.05, 0.1) is 29.8 Å². The molecule has 32 heavy (non-hydrogen) atoms. The van der Waals surface area contributed by atoms with E-state index in [1.54, 1.807) is 7.11 Å². The van der Waals surface area contributed by atoms with Crippen molar-refractivity contribution in [2.45, 2.75) is 32.1 Å². The number of nitrogens with one attached hydrogen (secondary N) is 1. The molecule has 1 N–H and O–H groups in total. The summed E-state index contributed by atoms with van der Waals surface area (Å²) in [5.74, 6) is 0.922. The molecule has 3 rings (SSSR count). The quantitative estimate of drug-likeness (QED) is 0.687. The van der Waals surface area contributed by atoms with Gasteiger partial charge < -0.3 is 15.0 Å². The highest BCUT2D eigenvalue weighted by atomic mass is 35.5. The summed E-state index contributed by atoms with van der Waals surface area (Å²) in [6.07, 6.45) is -3.69. The molecule has 2 heterocycles. The summed E-state index contributed by atoms with van der Waals surface area (Å²) in [4.78, 5) is 20.6. The van der Waals surface area contributed by atoms with E-state index in [4.69, 9.17) is 16.3 Å². The minimum Gasteiger partial charge on any atom is -0.496 e. The molecule has 2 unspecified atom stereocenters. The average molecular weight is 471 g/mol. The molecule has 2 atom stereocenters. The number of halogens is 4. The SMILES string of the molecule is COc1ccccc1C(C)NC(=O)C(C)N1CCN(c2ncc(C(F)(F)F)cc2Cl)CC1. The Bertz CT molecular complexity index is 949. The lowest BCUT2D eigenvalue weighted by Gasteiger charge is -2.38. The van der Waals surface area contributed by atoms with Gasteiger partial charge in [-0.2, -0.15) is 13.2 Å². The van der Waals surface area contributed by atoms with Gasteiger partial charge in [-0.3, -0.25) is 9.69 Å². The number of rotatable bonds is 6. The number of anilines is 1. The van der Waals surface area contributed by atoms with E-state index in [0.717, 1.165) is 17.8 Å². The molecule has 1 saturated heterocycles. The summed E-state index contributed by atoms with van der Waals surface area (Å²) in [5, 5.41) is 2.99. The van der Waals surface area contributed by atoms with Gasteiger partial charge in [-0.05, 0) is 26.0 Å². The van der Waals surface area contributed by atoms with Gasteiger partial charge in [0.15, 0.2) is 0 Å². The standard InChI is InChI=1S/C22H26ClF3N4O2/c1-14(17-6-4-5-7-19(17)32-3)28-21(31)15(2)29-8-10-30(11-9-29)20-18(23)12-16(13-27-20)22(24,25)26/h4-7,12-15H,8-11H2,1-3H3,(H,28,31). The molecule has 1 fully saturated rings. The van der Waals surface area contributed by atoms with Crippen LogP contribution in [0.15, 0.2) is 36.5 Å². The van der Waals surface area contributed by atoms with E-state index in [2.05, 4.69) is 10.3 Å². The first-order valence-electron chi connectivity index (χ1n) is 10.3. The summed E-state index contributed by atoms with van der Waals surface area (Å²) >= 11 is 6.07. The van der Waals surface area contributed by atoms with Crippen molar-refractivity contribution in [2.24, 2.45) is 0 Å². The van der Waals surface area contributed by atoms with Crippen LogP contribution in [0.25, 0.3) is 0 Å². The van der Waals surface area contributed by atoms with Gasteiger partial charge in [-0.15, -0.1) is 0 Å². The zero-order valence-corrected chi connectivity index (χ0v) is 18.9. The molecule has 1 aromatic carbocycles. The van der Waals surface area contributed by atoms with Crippen LogP contribution < -0.4 is 15.0 Å². The fourth-order valence-electron chi connectivity index (χ4n) is 3.74. The topological polar surface area (TPSA) is 57.7 Å². The van der Waals surface area contributed by atoms with Gasteiger partial charge in [-0.25, -0.2) is 4.98 Å². The maximum absolute atomic E-state index is 12.8. The molecule has 1 aliphatic rings. The van der Waals surface area contributed by atoms with Crippen molar-refractivity contribution in [3.05, 3.63) is 52.7 Å². The number of pyridine rings is 1. The summed E-state index contributed by atoms with van der Waals surface area (Å²) in [6.45, 7) is 5.84. The molecule has 0 bridgehead atoms. The minimum atomic E-state index is -4.49. The van der Waals surface area contributed by atoms with E-state index < -0.39 is 11.7 Å². The van der Waals surface area contributed by atoms with Gasteiger partial charge >= 0.3 is 6.18 Å². The Kier molecular flexibility index (Phi) is 7.51. The zero-order chi connectivity index (χ0) is 23.5. The number of ether oxygens (including phenoxy) is 1. The smallest absolute Gasteiger partial charge is 0.417 e. The largest absolute Gasteiger partial charge is 0.496 e. The fourth-order valence-corrected chi connectivity index (χ4v) is 4.03. The van der Waals surface area contributed by atoms with Crippen LogP contribution in [0.2, 0.25) is 5.02 Å². The second-order valence-corrected chi connectivity index (χ2v) is 8.11. The lowest BCUT2D eigenvalue weighted by molar-refractivity contribution is -0.137. The Morgan fingerprint density at radius 2 is 1.84 bits per heavy atom. The van der Waals surface area contributed by atoms with Crippen molar-refractivity contribution in [3.63, 3.8) is 0 Å². The van der Waals surface area contributed by atoms with Crippen molar-refractivity contribution >= 4 is 23.3 Å². The first-order valence-corrected chi connectivity index (χ1v) is 10.6. The van der Waals surface area contributed by atoms with Gasteiger partial charge in [0.2, 0.25) is 5.91 Å². The lowest BCUT2D eigenvalue weighted by Crippen LogP contribution is -2.54. The molecule has 0 aliphatic carbocycles. The summed E-state index contributed by atoms with van der Waals surface area (Å²) in [6, 6.07) is 7.82. The van der Waals surface area contributed by atoms with Crippen molar-refractivity contribution < 1.29 is 22.7 Å². The highest BCUT2D eigenvalue weighted by Gasteiger charge is 2.33. The van der Waals surface area contributed by atoms with E-state index in [-0.39, 0.29) is 23.0 Å². The maximum Gasteiger partial charge on any atom is 0.417 e. The van der Waals surface area contributed by atoms with Crippen LogP contribution in [0.1, 0.15) is 31.0 Å². The number of nitrogens with zero attached hydrogens (tertiary/aromatic N) is 3. The first kappa shape index (κ1) is 24.1. The van der Waals surface area contributed by atoms with E-state index in [1.165, 1.54) is 0 Å². The fraction of sp³-hybridized carbons (Fsp3) is 0.455. The number of hydrogen-bond acceptors (Lipinski definition) is 5. The van der Waals surface area contributed by atoms with Crippen molar-refractivity contribution in [2.75, 3.05) is 38.2 Å². The van der Waals surface area contributed by atoms with Crippen LogP contribution >= 0.6 is 11.6 Å². The molecule has 2 aromatic rings. The lowest BCUT2D eigenvalue weighted by atomic mass is 10.1. The third-order valence-corrected chi connectivity index (χ3v) is 5.93. The number of benzene rings is 1. The number of alkyl halides is 3. The number of aromatic nitrogens is 1. The Morgan fingerprint density at radius 1 is 1.19 bits per heavy atom. The maximum atomic E-state index is 12.8. The normalized spacial score (nSPS) is 17.0. The zero-order valence-electron chi connectivity index (χ0n) is 18.1. The second kappa shape index (κ2) is 9.95. The summed E-state index contributed by atoms with van der Waals surface area (Å²) in [5.41, 5.74) is 0.0164. The average Bonchev–Trinajstić information content (AvgIpc) is 2.78. The Labute approximate surface area is 190 Å². The third kappa shape index (κ3) is 5.45. The van der Waals surface area contributed by atoms with Crippen LogP contribution in [-0.4, -0.2) is 55.1 Å². The van der Waals surface area contributed by atoms with Gasteiger partial charge in [0, 0.05) is 37.9 Å². The molecule has 1 amide bonds. The van der Waals surface area contributed by atoms with E-state index in [9.17, 15) is 18.0 Å². The molecule has 174 valence electrons. The third-order valence-electron chi connectivity index (χ3n) is 5.65. The van der Waals surface area contributed by atoms with Crippen LogP contribution in [0.3, 0.4) is 0 Å². The van der Waals surface area contributed by atoms with Crippen LogP contribution in [0.5, 0.6) is 5.75 Å². The monoisotopic (exact) mass is 470 g/mol. The highest BCUT2D eigenvalue weighted by Crippen LogP contribution is 2.34. The van der Waals surface area contributed by atoms with Crippen molar-refractivity contribution in [1.29, 1.82) is 0 Å². The molecular formula is C22H26ClF3N4O2. The molecule has 1 aromatic heterocycles. The van der Waals surface area contributed by atoms with Crippen molar-refractivity contribution in [1.82, 2.24) is 15.2 Å². The Morgan fingerprint density at radius 3 is 2.44 bits per heavy atom. The molecule has 0 radical (unpaired) electrons. The van der Waals surface area contributed by atoms with Crippen LogP contribution in [-0.2, 0) is 11.0 Å². The number of amides is 1. The first-order chi connectivity index (χ1) is 15.1. The summed E-state index contributed by atoms with van der Waals surface area (Å²) in [7, 11) is 1.59. The van der Waals surface area contributed by atoms with E-state index in [1.807, 2.05) is 47.9 Å². The highest BCUT2D eigenvalue weighted by molar-refractivity contribution is 6.33. The predicted molar refractivity (Wildman–Crippen MR) is 117 cm³/mol. The number of carbonyl (C=O) groups excluding carboxylic acids is 1. The molecule has 6 nitrogen and oxygen atoms in total. The van der Waals surface area contributed by atoms with E-state index >= 15 is 0 Å². The number of para-hydroxylation sites is 1. The van der Waals surface area contributed by atoms with Crippen molar-refractivity contribution in [3.8, 4) is 5.75 Å². The van der Waals surface area contributed by atoms with Gasteiger partial charge in [0.1, 0.15) is 11.6 Å². The predicted octanol–water partition coefficient (Wildman–Crippen LogP) is 4.15. The molecule has 0 spiro atoms. The van der Waals surface area contributed by atoms with Crippen LogP contribution in [0.4, 0.5) is 19.0 Å². The molecule has 0 saturated carbocycles. The number of hydrogen-bond donors (Lipinski definition) is 1.